The summed E-state index contributed by atoms with van der Waals surface area (Å²) in [6.07, 6.45) is 0. The zero-order chi connectivity index (χ0) is 4.85. The quantitative estimate of drug-likeness (QED) is 0.417. The first-order chi connectivity index (χ1) is 3.36. The van der Waals surface area contributed by atoms with Crippen LogP contribution in [0.25, 0.3) is 0 Å². The molecule has 0 aromatic carbocycles. The molecule has 2 rings (SSSR count). The zero-order valence-corrected chi connectivity index (χ0v) is 4.70. The highest BCUT2D eigenvalue weighted by Crippen LogP contribution is 2.20. The highest BCUT2D eigenvalue weighted by molar-refractivity contribution is 7.85. The molecule has 0 radical (unpaired) electrons. The second-order valence-corrected chi connectivity index (χ2v) is 3.70. The summed E-state index contributed by atoms with van der Waals surface area (Å²) < 4.78 is 10.6. The van der Waals surface area contributed by atoms with Gasteiger partial charge in [-0.1, -0.05) is 0 Å². The van der Waals surface area contributed by atoms with Gasteiger partial charge in [0.25, 0.3) is 0 Å². The van der Waals surface area contributed by atoms with Crippen LogP contribution >= 0.6 is 0 Å². The molecule has 1 N–H and O–H groups in total. The summed E-state index contributed by atoms with van der Waals surface area (Å²) in [5.41, 5.74) is 0. The van der Waals surface area contributed by atoms with E-state index in [1.165, 1.54) is 0 Å². The summed E-state index contributed by atoms with van der Waals surface area (Å²) in [5.74, 6) is 1.81. The Balaban J connectivity index is 2.14. The molecule has 2 fully saturated rings. The summed E-state index contributed by atoms with van der Waals surface area (Å²) in [6.45, 7) is 0. The third-order valence-corrected chi connectivity index (χ3v) is 3.00. The van der Waals surface area contributed by atoms with Crippen LogP contribution < -0.4 is 5.32 Å². The number of fused-ring (bicyclic) bond motifs is 1. The van der Waals surface area contributed by atoms with Crippen molar-refractivity contribution in [2.24, 2.45) is 0 Å². The lowest BCUT2D eigenvalue weighted by Gasteiger charge is -1.86. The standard InChI is InChI=1S/C4H7NOS/c6-7-1-3-4(2-7)5-3/h3-5H,1-2H2. The van der Waals surface area contributed by atoms with E-state index < -0.39 is 10.8 Å². The molecule has 40 valence electrons. The van der Waals surface area contributed by atoms with Crippen molar-refractivity contribution < 1.29 is 4.21 Å². The molecule has 0 aliphatic carbocycles. The second kappa shape index (κ2) is 1.09. The van der Waals surface area contributed by atoms with Gasteiger partial charge in [0.1, 0.15) is 0 Å². The van der Waals surface area contributed by atoms with Crippen LogP contribution in [-0.4, -0.2) is 27.8 Å². The van der Waals surface area contributed by atoms with Crippen LogP contribution in [0.3, 0.4) is 0 Å². The maximum absolute atomic E-state index is 10.6. The van der Waals surface area contributed by atoms with Crippen molar-refractivity contribution in [3.8, 4) is 0 Å². The van der Waals surface area contributed by atoms with Gasteiger partial charge in [-0.2, -0.15) is 0 Å². The molecule has 2 saturated heterocycles. The molecule has 0 spiro atoms. The van der Waals surface area contributed by atoms with Crippen LogP contribution in [0, 0.1) is 0 Å². The second-order valence-electron chi connectivity index (χ2n) is 2.15. The molecule has 0 aromatic heterocycles. The van der Waals surface area contributed by atoms with Gasteiger partial charge in [0, 0.05) is 34.4 Å². The lowest BCUT2D eigenvalue weighted by molar-refractivity contribution is 0.684. The van der Waals surface area contributed by atoms with Crippen LogP contribution in [-0.2, 0) is 10.8 Å². The fraction of sp³-hybridized carbons (Fsp3) is 1.00. The van der Waals surface area contributed by atoms with Crippen molar-refractivity contribution in [2.45, 2.75) is 12.1 Å². The Hall–Kier alpha value is 0.110. The van der Waals surface area contributed by atoms with Gasteiger partial charge in [-0.25, -0.2) is 0 Å². The average molecular weight is 117 g/mol. The van der Waals surface area contributed by atoms with E-state index in [4.69, 9.17) is 0 Å². The third-order valence-electron chi connectivity index (χ3n) is 1.54. The van der Waals surface area contributed by atoms with E-state index in [0.717, 1.165) is 11.5 Å². The molecule has 2 nitrogen and oxygen atoms in total. The maximum atomic E-state index is 10.6. The van der Waals surface area contributed by atoms with E-state index in [9.17, 15) is 4.21 Å². The lowest BCUT2D eigenvalue weighted by Crippen LogP contribution is -2.06. The van der Waals surface area contributed by atoms with Crippen LogP contribution in [0.1, 0.15) is 0 Å². The largest absolute Gasteiger partial charge is 0.306 e. The van der Waals surface area contributed by atoms with Gasteiger partial charge in [0.15, 0.2) is 0 Å². The first kappa shape index (κ1) is 4.04. The topological polar surface area (TPSA) is 39.0 Å². The molecule has 2 atom stereocenters. The van der Waals surface area contributed by atoms with E-state index in [-0.39, 0.29) is 0 Å². The van der Waals surface area contributed by atoms with Gasteiger partial charge in [0.2, 0.25) is 0 Å². The predicted octanol–water partition coefficient (Wildman–Crippen LogP) is -0.911. The van der Waals surface area contributed by atoms with Gasteiger partial charge in [0.05, 0.1) is 0 Å². The Bertz CT molecular complexity index is 113. The first-order valence-corrected chi connectivity index (χ1v) is 3.96. The molecule has 0 aromatic rings. The molecule has 0 saturated carbocycles. The third kappa shape index (κ3) is 0.518. The Morgan fingerprint density at radius 3 is 2.29 bits per heavy atom. The minimum atomic E-state index is -0.466. The molecular formula is C4H7NOS. The van der Waals surface area contributed by atoms with Crippen molar-refractivity contribution in [3.63, 3.8) is 0 Å². The van der Waals surface area contributed by atoms with Gasteiger partial charge in [-0.05, 0) is 0 Å². The van der Waals surface area contributed by atoms with E-state index in [0.29, 0.717) is 12.1 Å². The maximum Gasteiger partial charge on any atom is 0.0405 e. The lowest BCUT2D eigenvalue weighted by atomic mass is 10.4. The molecule has 7 heavy (non-hydrogen) atoms. The number of rotatable bonds is 0. The molecule has 2 unspecified atom stereocenters. The molecule has 2 heterocycles. The zero-order valence-electron chi connectivity index (χ0n) is 3.89. The normalized spacial score (nSPS) is 56.9. The van der Waals surface area contributed by atoms with Gasteiger partial charge in [-0.3, -0.25) is 4.21 Å². The SMILES string of the molecule is O=S1CC2NC2C1. The molecule has 0 bridgehead atoms. The molecule has 0 amide bonds. The van der Waals surface area contributed by atoms with Crippen molar-refractivity contribution in [2.75, 3.05) is 11.5 Å². The number of hydrogen-bond acceptors (Lipinski definition) is 2. The number of hydrogen-bond donors (Lipinski definition) is 1. The van der Waals surface area contributed by atoms with Crippen molar-refractivity contribution in [1.29, 1.82) is 0 Å². The van der Waals surface area contributed by atoms with Crippen LogP contribution in [0.4, 0.5) is 0 Å². The van der Waals surface area contributed by atoms with Crippen LogP contribution in [0.5, 0.6) is 0 Å². The summed E-state index contributed by atoms with van der Waals surface area (Å²) in [4.78, 5) is 0. The van der Waals surface area contributed by atoms with Gasteiger partial charge < -0.3 is 5.32 Å². The highest BCUT2D eigenvalue weighted by atomic mass is 32.2. The average Bonchev–Trinajstić information content (AvgIpc) is 2.15. The van der Waals surface area contributed by atoms with Crippen molar-refractivity contribution in [3.05, 3.63) is 0 Å². The predicted molar refractivity (Wildman–Crippen MR) is 28.6 cm³/mol. The summed E-state index contributed by atoms with van der Waals surface area (Å²) in [7, 11) is -0.466. The van der Waals surface area contributed by atoms with Crippen molar-refractivity contribution >= 4 is 10.8 Å². The minimum Gasteiger partial charge on any atom is -0.306 e. The Morgan fingerprint density at radius 1 is 1.43 bits per heavy atom. The van der Waals surface area contributed by atoms with E-state index in [1.807, 2.05) is 0 Å². The smallest absolute Gasteiger partial charge is 0.0405 e. The Labute approximate surface area is 44.7 Å². The van der Waals surface area contributed by atoms with Gasteiger partial charge >= 0.3 is 0 Å². The first-order valence-electron chi connectivity index (χ1n) is 2.47. The van der Waals surface area contributed by atoms with Crippen molar-refractivity contribution in [1.82, 2.24) is 5.32 Å². The summed E-state index contributed by atoms with van der Waals surface area (Å²) >= 11 is 0. The molecule has 2 aliphatic heterocycles. The Kier molecular flexibility index (Phi) is 0.627. The van der Waals surface area contributed by atoms with E-state index in [2.05, 4.69) is 5.32 Å². The van der Waals surface area contributed by atoms with Crippen LogP contribution in [0.15, 0.2) is 0 Å². The minimum absolute atomic E-state index is 0.466. The van der Waals surface area contributed by atoms with E-state index >= 15 is 0 Å². The highest BCUT2D eigenvalue weighted by Gasteiger charge is 2.44. The Morgan fingerprint density at radius 2 is 2.00 bits per heavy atom. The fourth-order valence-electron chi connectivity index (χ4n) is 1.02. The molecular weight excluding hydrogens is 110 g/mol. The summed E-state index contributed by atoms with van der Waals surface area (Å²) in [6, 6.07) is 1.28. The fourth-order valence-corrected chi connectivity index (χ4v) is 2.61. The van der Waals surface area contributed by atoms with Gasteiger partial charge in [-0.15, -0.1) is 0 Å². The molecule has 3 heteroatoms. The summed E-state index contributed by atoms with van der Waals surface area (Å²) in [5, 5.41) is 3.21. The van der Waals surface area contributed by atoms with E-state index in [1.54, 1.807) is 0 Å². The monoisotopic (exact) mass is 117 g/mol. The van der Waals surface area contributed by atoms with Crippen LogP contribution in [0.2, 0.25) is 0 Å². The number of nitrogens with one attached hydrogen (secondary N) is 1. The molecule has 2 aliphatic rings.